The van der Waals surface area contributed by atoms with Crippen LogP contribution in [-0.4, -0.2) is 47.2 Å². The average molecular weight is 316 g/mol. The standard InChI is InChI=1S/C11H14BrN3O3/c1-18-11(17)7-2-4-15(5-3-7)10(16)8-6-9(12)14-13-8/h6-7H,2-5H2,1H3,(H,13,14). The molecule has 1 saturated heterocycles. The van der Waals surface area contributed by atoms with E-state index in [1.165, 1.54) is 7.11 Å². The van der Waals surface area contributed by atoms with E-state index in [-0.39, 0.29) is 17.8 Å². The van der Waals surface area contributed by atoms with Gasteiger partial charge in [-0.1, -0.05) is 0 Å². The molecule has 1 aliphatic rings. The molecule has 1 fully saturated rings. The van der Waals surface area contributed by atoms with Crippen molar-refractivity contribution in [3.63, 3.8) is 0 Å². The lowest BCUT2D eigenvalue weighted by atomic mass is 9.97. The summed E-state index contributed by atoms with van der Waals surface area (Å²) < 4.78 is 5.38. The number of amides is 1. The Morgan fingerprint density at radius 3 is 2.67 bits per heavy atom. The molecule has 0 bridgehead atoms. The van der Waals surface area contributed by atoms with Gasteiger partial charge in [0.25, 0.3) is 5.91 Å². The number of aromatic amines is 1. The molecule has 0 saturated carbocycles. The molecule has 0 unspecified atom stereocenters. The Balaban J connectivity index is 1.94. The smallest absolute Gasteiger partial charge is 0.308 e. The summed E-state index contributed by atoms with van der Waals surface area (Å²) in [6.45, 7) is 1.12. The van der Waals surface area contributed by atoms with Crippen LogP contribution < -0.4 is 0 Å². The van der Waals surface area contributed by atoms with Gasteiger partial charge in [-0.05, 0) is 28.8 Å². The van der Waals surface area contributed by atoms with E-state index < -0.39 is 0 Å². The molecule has 0 spiro atoms. The first kappa shape index (κ1) is 13.1. The van der Waals surface area contributed by atoms with Crippen LogP contribution in [0.1, 0.15) is 23.3 Å². The number of piperidine rings is 1. The Kier molecular flexibility index (Phi) is 4.00. The fourth-order valence-electron chi connectivity index (χ4n) is 2.05. The summed E-state index contributed by atoms with van der Waals surface area (Å²) in [5.41, 5.74) is 0.387. The number of nitrogens with zero attached hydrogens (tertiary/aromatic N) is 2. The molecule has 0 aromatic carbocycles. The topological polar surface area (TPSA) is 75.3 Å². The third-order valence-electron chi connectivity index (χ3n) is 3.08. The lowest BCUT2D eigenvalue weighted by Gasteiger charge is -2.30. The Bertz CT molecular complexity index is 452. The normalized spacial score (nSPS) is 16.7. The van der Waals surface area contributed by atoms with Gasteiger partial charge in [-0.2, -0.15) is 5.10 Å². The number of nitrogens with one attached hydrogen (secondary N) is 1. The number of hydrogen-bond acceptors (Lipinski definition) is 4. The lowest BCUT2D eigenvalue weighted by molar-refractivity contribution is -0.146. The maximum Gasteiger partial charge on any atom is 0.308 e. The van der Waals surface area contributed by atoms with Crippen LogP contribution in [0.3, 0.4) is 0 Å². The van der Waals surface area contributed by atoms with Crippen LogP contribution in [-0.2, 0) is 9.53 Å². The number of H-pyrrole nitrogens is 1. The van der Waals surface area contributed by atoms with Gasteiger partial charge in [0.05, 0.1) is 13.0 Å². The van der Waals surface area contributed by atoms with E-state index in [1.54, 1.807) is 11.0 Å². The predicted molar refractivity (Wildman–Crippen MR) is 66.9 cm³/mol. The number of rotatable bonds is 2. The van der Waals surface area contributed by atoms with Crippen molar-refractivity contribution in [3.05, 3.63) is 16.4 Å². The van der Waals surface area contributed by atoms with Crippen molar-refractivity contribution in [2.75, 3.05) is 20.2 Å². The van der Waals surface area contributed by atoms with Crippen LogP contribution >= 0.6 is 15.9 Å². The molecule has 1 aliphatic heterocycles. The van der Waals surface area contributed by atoms with Gasteiger partial charge >= 0.3 is 5.97 Å². The van der Waals surface area contributed by atoms with E-state index in [4.69, 9.17) is 4.74 Å². The first-order valence-electron chi connectivity index (χ1n) is 5.70. The molecule has 1 aromatic rings. The number of halogens is 1. The second kappa shape index (κ2) is 5.51. The van der Waals surface area contributed by atoms with Crippen molar-refractivity contribution < 1.29 is 14.3 Å². The van der Waals surface area contributed by atoms with E-state index in [9.17, 15) is 9.59 Å². The first-order valence-corrected chi connectivity index (χ1v) is 6.49. The van der Waals surface area contributed by atoms with Crippen molar-refractivity contribution in [2.45, 2.75) is 12.8 Å². The molecule has 7 heteroatoms. The SMILES string of the molecule is COC(=O)C1CCN(C(=O)c2cc(Br)[nH]n2)CC1. The van der Waals surface area contributed by atoms with Crippen molar-refractivity contribution in [1.29, 1.82) is 0 Å². The van der Waals surface area contributed by atoms with Gasteiger partial charge in [-0.3, -0.25) is 14.7 Å². The number of methoxy groups -OCH3 is 1. The number of carbonyl (C=O) groups excluding carboxylic acids is 2. The fourth-order valence-corrected chi connectivity index (χ4v) is 2.36. The minimum absolute atomic E-state index is 0.0926. The van der Waals surface area contributed by atoms with Crippen molar-refractivity contribution >= 4 is 27.8 Å². The average Bonchev–Trinajstić information content (AvgIpc) is 2.84. The number of esters is 1. The third kappa shape index (κ3) is 2.72. The highest BCUT2D eigenvalue weighted by atomic mass is 79.9. The zero-order chi connectivity index (χ0) is 13.1. The largest absolute Gasteiger partial charge is 0.469 e. The minimum Gasteiger partial charge on any atom is -0.469 e. The lowest BCUT2D eigenvalue weighted by Crippen LogP contribution is -2.40. The van der Waals surface area contributed by atoms with Crippen LogP contribution in [0.15, 0.2) is 10.7 Å². The Hall–Kier alpha value is -1.37. The second-order valence-electron chi connectivity index (χ2n) is 4.19. The third-order valence-corrected chi connectivity index (χ3v) is 3.49. The minimum atomic E-state index is -0.190. The first-order chi connectivity index (χ1) is 8.61. The molecule has 2 heterocycles. The maximum atomic E-state index is 12.1. The monoisotopic (exact) mass is 315 g/mol. The number of aromatic nitrogens is 2. The highest BCUT2D eigenvalue weighted by Gasteiger charge is 2.29. The fraction of sp³-hybridized carbons (Fsp3) is 0.545. The van der Waals surface area contributed by atoms with Gasteiger partial charge in [0, 0.05) is 19.2 Å². The molecule has 2 rings (SSSR count). The Morgan fingerprint density at radius 2 is 2.17 bits per heavy atom. The van der Waals surface area contributed by atoms with Gasteiger partial charge in [-0.25, -0.2) is 0 Å². The summed E-state index contributed by atoms with van der Waals surface area (Å²) >= 11 is 3.21. The Labute approximate surface area is 113 Å². The molecule has 0 radical (unpaired) electrons. The van der Waals surface area contributed by atoms with Gasteiger partial charge in [0.1, 0.15) is 4.60 Å². The highest BCUT2D eigenvalue weighted by Crippen LogP contribution is 2.20. The predicted octanol–water partition coefficient (Wildman–Crippen LogP) is 1.20. The van der Waals surface area contributed by atoms with E-state index in [0.717, 1.165) is 0 Å². The molecule has 0 atom stereocenters. The van der Waals surface area contributed by atoms with E-state index in [2.05, 4.69) is 26.1 Å². The number of likely N-dealkylation sites (tertiary alicyclic amines) is 1. The molecule has 1 aromatic heterocycles. The molecule has 6 nitrogen and oxygen atoms in total. The quantitative estimate of drug-likeness (QED) is 0.832. The van der Waals surface area contributed by atoms with Crippen LogP contribution in [0.2, 0.25) is 0 Å². The molecule has 0 aliphatic carbocycles. The van der Waals surface area contributed by atoms with E-state index in [0.29, 0.717) is 36.2 Å². The Morgan fingerprint density at radius 1 is 1.50 bits per heavy atom. The zero-order valence-corrected chi connectivity index (χ0v) is 11.6. The molecular weight excluding hydrogens is 302 g/mol. The molecular formula is C11H14BrN3O3. The highest BCUT2D eigenvalue weighted by molar-refractivity contribution is 9.10. The molecule has 18 heavy (non-hydrogen) atoms. The van der Waals surface area contributed by atoms with Gasteiger partial charge < -0.3 is 9.64 Å². The molecule has 1 amide bonds. The summed E-state index contributed by atoms with van der Waals surface area (Å²) in [6, 6.07) is 1.65. The molecule has 98 valence electrons. The summed E-state index contributed by atoms with van der Waals surface area (Å²) in [6.07, 6.45) is 1.29. The number of hydrogen-bond donors (Lipinski definition) is 1. The summed E-state index contributed by atoms with van der Waals surface area (Å²) in [4.78, 5) is 25.1. The summed E-state index contributed by atoms with van der Waals surface area (Å²) in [5.74, 6) is -0.394. The zero-order valence-electron chi connectivity index (χ0n) is 9.98. The van der Waals surface area contributed by atoms with Gasteiger partial charge in [0.2, 0.25) is 0 Å². The van der Waals surface area contributed by atoms with E-state index in [1.807, 2.05) is 0 Å². The molecule has 1 N–H and O–H groups in total. The summed E-state index contributed by atoms with van der Waals surface area (Å²) in [7, 11) is 1.39. The van der Waals surface area contributed by atoms with Crippen LogP contribution in [0, 0.1) is 5.92 Å². The second-order valence-corrected chi connectivity index (χ2v) is 5.05. The summed E-state index contributed by atoms with van der Waals surface area (Å²) in [5, 5.41) is 6.58. The van der Waals surface area contributed by atoms with Gasteiger partial charge in [-0.15, -0.1) is 0 Å². The van der Waals surface area contributed by atoms with E-state index >= 15 is 0 Å². The number of carbonyl (C=O) groups is 2. The van der Waals surface area contributed by atoms with Gasteiger partial charge in [0.15, 0.2) is 5.69 Å². The van der Waals surface area contributed by atoms with Crippen molar-refractivity contribution in [3.8, 4) is 0 Å². The van der Waals surface area contributed by atoms with Crippen LogP contribution in [0.4, 0.5) is 0 Å². The van der Waals surface area contributed by atoms with Crippen LogP contribution in [0.25, 0.3) is 0 Å². The van der Waals surface area contributed by atoms with Crippen LogP contribution in [0.5, 0.6) is 0 Å². The van der Waals surface area contributed by atoms with Crippen molar-refractivity contribution in [2.24, 2.45) is 5.92 Å². The van der Waals surface area contributed by atoms with Crippen molar-refractivity contribution in [1.82, 2.24) is 15.1 Å². The number of ether oxygens (including phenoxy) is 1. The maximum absolute atomic E-state index is 12.1.